The van der Waals surface area contributed by atoms with Gasteiger partial charge >= 0.3 is 11.9 Å². The highest BCUT2D eigenvalue weighted by Gasteiger charge is 2.16. The molecule has 0 radical (unpaired) electrons. The fourth-order valence-electron chi connectivity index (χ4n) is 6.09. The van der Waals surface area contributed by atoms with Crippen molar-refractivity contribution in [3.63, 3.8) is 0 Å². The van der Waals surface area contributed by atoms with Crippen LogP contribution in [0.25, 0.3) is 33.0 Å². The standard InChI is InChI=1S/C43H50O5/c1-7-8-9-11-32-25-39(19-22-47-42(45)29(2)3)41(40(26-32)20-23-48-43(46)30(4)5)38-18-17-36-27-35(15-16-37(36)28-38)34-14-13-33(12-10-21-44)31(6)24-34/h13-18,24-28,44H,2,4,7-12,19-23H2,1,3,5-6H3. The van der Waals surface area contributed by atoms with Gasteiger partial charge in [-0.1, -0.05) is 87.5 Å². The number of esters is 2. The summed E-state index contributed by atoms with van der Waals surface area (Å²) in [6, 6.07) is 24.2. The van der Waals surface area contributed by atoms with Gasteiger partial charge in [-0.15, -0.1) is 0 Å². The normalized spacial score (nSPS) is 11.0. The van der Waals surface area contributed by atoms with Crippen molar-refractivity contribution in [3.8, 4) is 22.3 Å². The van der Waals surface area contributed by atoms with E-state index in [9.17, 15) is 14.7 Å². The second-order valence-corrected chi connectivity index (χ2v) is 12.8. The summed E-state index contributed by atoms with van der Waals surface area (Å²) in [7, 11) is 0. The van der Waals surface area contributed by atoms with E-state index in [0.717, 1.165) is 77.1 Å². The van der Waals surface area contributed by atoms with Gasteiger partial charge in [0, 0.05) is 30.6 Å². The number of aliphatic hydroxyl groups is 1. The van der Waals surface area contributed by atoms with Gasteiger partial charge in [-0.05, 0) is 119 Å². The zero-order valence-corrected chi connectivity index (χ0v) is 29.1. The number of benzene rings is 4. The molecule has 0 aliphatic heterocycles. The number of carbonyl (C=O) groups is 2. The molecule has 0 fully saturated rings. The van der Waals surface area contributed by atoms with Gasteiger partial charge < -0.3 is 14.6 Å². The number of hydrogen-bond acceptors (Lipinski definition) is 5. The summed E-state index contributed by atoms with van der Waals surface area (Å²) < 4.78 is 11.1. The Morgan fingerprint density at radius 1 is 0.646 bits per heavy atom. The van der Waals surface area contributed by atoms with E-state index in [4.69, 9.17) is 9.47 Å². The summed E-state index contributed by atoms with van der Waals surface area (Å²) in [6.45, 7) is 15.8. The molecular formula is C43H50O5. The molecule has 0 saturated carbocycles. The summed E-state index contributed by atoms with van der Waals surface area (Å²) in [5.41, 5.74) is 11.2. The largest absolute Gasteiger partial charge is 0.462 e. The van der Waals surface area contributed by atoms with E-state index in [1.807, 2.05) is 0 Å². The Kier molecular flexibility index (Phi) is 13.3. The molecule has 0 bridgehead atoms. The van der Waals surface area contributed by atoms with Crippen LogP contribution in [0.2, 0.25) is 0 Å². The first-order valence-electron chi connectivity index (χ1n) is 17.2. The van der Waals surface area contributed by atoms with Gasteiger partial charge in [0.2, 0.25) is 0 Å². The second kappa shape index (κ2) is 17.6. The topological polar surface area (TPSA) is 72.8 Å². The molecule has 0 heterocycles. The molecule has 4 aromatic carbocycles. The smallest absolute Gasteiger partial charge is 0.333 e. The molecule has 0 aliphatic carbocycles. The molecule has 0 aliphatic rings. The minimum Gasteiger partial charge on any atom is -0.462 e. The zero-order valence-electron chi connectivity index (χ0n) is 29.1. The van der Waals surface area contributed by atoms with Crippen LogP contribution < -0.4 is 0 Å². The maximum atomic E-state index is 12.2. The third-order valence-electron chi connectivity index (χ3n) is 8.75. The Morgan fingerprint density at radius 2 is 1.19 bits per heavy atom. The number of rotatable bonds is 17. The Hall–Kier alpha value is -4.48. The van der Waals surface area contributed by atoms with Gasteiger partial charge in [-0.25, -0.2) is 9.59 Å². The quantitative estimate of drug-likeness (QED) is 0.0703. The predicted octanol–water partition coefficient (Wildman–Crippen LogP) is 9.46. The van der Waals surface area contributed by atoms with Crippen molar-refractivity contribution in [2.24, 2.45) is 0 Å². The van der Waals surface area contributed by atoms with Crippen LogP contribution in [-0.4, -0.2) is 36.9 Å². The van der Waals surface area contributed by atoms with Crippen molar-refractivity contribution in [1.82, 2.24) is 0 Å². The first-order chi connectivity index (χ1) is 23.1. The zero-order chi connectivity index (χ0) is 34.6. The van der Waals surface area contributed by atoms with Crippen LogP contribution in [-0.2, 0) is 44.7 Å². The number of aryl methyl sites for hydroxylation is 3. The third-order valence-corrected chi connectivity index (χ3v) is 8.75. The average molecular weight is 647 g/mol. The Balaban J connectivity index is 1.74. The number of ether oxygens (including phenoxy) is 2. The summed E-state index contributed by atoms with van der Waals surface area (Å²) in [5.74, 6) is -0.779. The summed E-state index contributed by atoms with van der Waals surface area (Å²) >= 11 is 0. The van der Waals surface area contributed by atoms with Gasteiger partial charge in [0.25, 0.3) is 0 Å². The van der Waals surface area contributed by atoms with Crippen molar-refractivity contribution < 1.29 is 24.2 Å². The lowest BCUT2D eigenvalue weighted by atomic mass is 9.87. The molecule has 0 spiro atoms. The average Bonchev–Trinajstić information content (AvgIpc) is 3.07. The molecule has 4 rings (SSSR count). The number of unbranched alkanes of at least 4 members (excludes halogenated alkanes) is 2. The SMILES string of the molecule is C=C(C)C(=O)OCCc1cc(CCCCC)cc(CCOC(=O)C(=C)C)c1-c1ccc2cc(-c3ccc(CCCO)c(C)c3)ccc2c1. The van der Waals surface area contributed by atoms with Crippen LogP contribution in [0.4, 0.5) is 0 Å². The molecule has 0 unspecified atom stereocenters. The molecule has 1 N–H and O–H groups in total. The summed E-state index contributed by atoms with van der Waals surface area (Å²) in [6.07, 6.45) is 7.08. The van der Waals surface area contributed by atoms with Crippen LogP contribution in [0.3, 0.4) is 0 Å². The predicted molar refractivity (Wildman–Crippen MR) is 197 cm³/mol. The highest BCUT2D eigenvalue weighted by Crippen LogP contribution is 2.35. The van der Waals surface area contributed by atoms with E-state index < -0.39 is 0 Å². The van der Waals surface area contributed by atoms with Crippen LogP contribution in [0.1, 0.15) is 74.3 Å². The van der Waals surface area contributed by atoms with Crippen LogP contribution in [0, 0.1) is 6.92 Å². The molecule has 0 amide bonds. The van der Waals surface area contributed by atoms with Crippen molar-refractivity contribution in [1.29, 1.82) is 0 Å². The van der Waals surface area contributed by atoms with Gasteiger partial charge in [0.05, 0.1) is 13.2 Å². The first kappa shape index (κ1) is 36.4. The van der Waals surface area contributed by atoms with Gasteiger partial charge in [-0.2, -0.15) is 0 Å². The van der Waals surface area contributed by atoms with E-state index in [0.29, 0.717) is 24.0 Å². The van der Waals surface area contributed by atoms with E-state index in [-0.39, 0.29) is 31.8 Å². The highest BCUT2D eigenvalue weighted by atomic mass is 16.5. The molecule has 0 atom stereocenters. The molecule has 0 aromatic heterocycles. The molecular weight excluding hydrogens is 596 g/mol. The lowest BCUT2D eigenvalue weighted by Gasteiger charge is -2.19. The van der Waals surface area contributed by atoms with E-state index in [1.165, 1.54) is 22.3 Å². The first-order valence-corrected chi connectivity index (χ1v) is 17.2. The second-order valence-electron chi connectivity index (χ2n) is 12.8. The Labute approximate surface area is 286 Å². The van der Waals surface area contributed by atoms with Crippen LogP contribution in [0.5, 0.6) is 0 Å². The molecule has 5 heteroatoms. The maximum absolute atomic E-state index is 12.2. The summed E-state index contributed by atoms with van der Waals surface area (Å²) in [4.78, 5) is 24.4. The monoisotopic (exact) mass is 646 g/mol. The van der Waals surface area contributed by atoms with Crippen molar-refractivity contribution >= 4 is 22.7 Å². The van der Waals surface area contributed by atoms with Crippen molar-refractivity contribution in [2.45, 2.75) is 79.1 Å². The van der Waals surface area contributed by atoms with Gasteiger partial charge in [0.15, 0.2) is 0 Å². The number of aliphatic hydroxyl groups excluding tert-OH is 1. The van der Waals surface area contributed by atoms with Crippen molar-refractivity contribution in [2.75, 3.05) is 19.8 Å². The van der Waals surface area contributed by atoms with E-state index in [1.54, 1.807) is 13.8 Å². The number of hydrogen-bond donors (Lipinski definition) is 1. The lowest BCUT2D eigenvalue weighted by Crippen LogP contribution is -2.11. The third kappa shape index (κ3) is 9.77. The minimum absolute atomic E-state index is 0.199. The Bertz CT molecular complexity index is 1730. The highest BCUT2D eigenvalue weighted by molar-refractivity contribution is 5.92. The molecule has 48 heavy (non-hydrogen) atoms. The lowest BCUT2D eigenvalue weighted by molar-refractivity contribution is -0.139. The van der Waals surface area contributed by atoms with E-state index >= 15 is 0 Å². The summed E-state index contributed by atoms with van der Waals surface area (Å²) in [5, 5.41) is 11.5. The van der Waals surface area contributed by atoms with Gasteiger partial charge in [0.1, 0.15) is 0 Å². The fourth-order valence-corrected chi connectivity index (χ4v) is 6.09. The molecule has 4 aromatic rings. The maximum Gasteiger partial charge on any atom is 0.333 e. The minimum atomic E-state index is -0.390. The van der Waals surface area contributed by atoms with Crippen molar-refractivity contribution in [3.05, 3.63) is 119 Å². The van der Waals surface area contributed by atoms with Gasteiger partial charge in [-0.3, -0.25) is 0 Å². The van der Waals surface area contributed by atoms with Crippen LogP contribution in [0.15, 0.2) is 91.0 Å². The number of carbonyl (C=O) groups excluding carboxylic acids is 2. The molecule has 5 nitrogen and oxygen atoms in total. The molecule has 252 valence electrons. The Morgan fingerprint density at radius 3 is 1.73 bits per heavy atom. The number of fused-ring (bicyclic) bond motifs is 1. The van der Waals surface area contributed by atoms with E-state index in [2.05, 4.69) is 93.7 Å². The fraction of sp³-hybridized carbons (Fsp3) is 0.349. The molecule has 0 saturated heterocycles. The van der Waals surface area contributed by atoms with Crippen LogP contribution >= 0.6 is 0 Å².